The van der Waals surface area contributed by atoms with Crippen molar-refractivity contribution in [2.75, 3.05) is 10.6 Å². The van der Waals surface area contributed by atoms with Crippen molar-refractivity contribution >= 4 is 34.1 Å². The molecule has 138 valence electrons. The summed E-state index contributed by atoms with van der Waals surface area (Å²) in [5.74, 6) is 0.157. The quantitative estimate of drug-likeness (QED) is 0.548. The monoisotopic (exact) mass is 369 g/mol. The number of hydrogen-bond acceptors (Lipinski definition) is 5. The summed E-state index contributed by atoms with van der Waals surface area (Å²) in [5.41, 5.74) is 4.99. The van der Waals surface area contributed by atoms with Gasteiger partial charge in [0.25, 0.3) is 5.91 Å². The first-order chi connectivity index (χ1) is 13.6. The number of amides is 1. The van der Waals surface area contributed by atoms with Crippen molar-refractivity contribution in [1.29, 1.82) is 0 Å². The first kappa shape index (κ1) is 17.6. The zero-order valence-electron chi connectivity index (χ0n) is 15.6. The number of anilines is 3. The van der Waals surface area contributed by atoms with Crippen LogP contribution in [0.3, 0.4) is 0 Å². The van der Waals surface area contributed by atoms with Crippen LogP contribution in [0, 0.1) is 13.8 Å². The highest BCUT2D eigenvalue weighted by molar-refractivity contribution is 6.08. The lowest BCUT2D eigenvalue weighted by atomic mass is 10.1. The smallest absolute Gasteiger partial charge is 0.258 e. The van der Waals surface area contributed by atoms with Gasteiger partial charge in [-0.25, -0.2) is 9.97 Å². The van der Waals surface area contributed by atoms with Crippen LogP contribution in [0.4, 0.5) is 17.3 Å². The largest absolute Gasteiger partial charge is 0.324 e. The first-order valence-electron chi connectivity index (χ1n) is 8.91. The van der Waals surface area contributed by atoms with Gasteiger partial charge in [0.1, 0.15) is 0 Å². The number of aryl methyl sites for hydroxylation is 2. The van der Waals surface area contributed by atoms with Crippen molar-refractivity contribution in [2.24, 2.45) is 0 Å². The zero-order valence-corrected chi connectivity index (χ0v) is 15.6. The minimum Gasteiger partial charge on any atom is -0.324 e. The summed E-state index contributed by atoms with van der Waals surface area (Å²) in [4.78, 5) is 25.4. The van der Waals surface area contributed by atoms with Crippen LogP contribution in [0.2, 0.25) is 0 Å². The Labute approximate surface area is 162 Å². The van der Waals surface area contributed by atoms with Crippen molar-refractivity contribution in [2.45, 2.75) is 13.8 Å². The summed E-state index contributed by atoms with van der Waals surface area (Å²) in [6, 6.07) is 15.6. The molecule has 0 aliphatic carbocycles. The van der Waals surface area contributed by atoms with Crippen LogP contribution < -0.4 is 10.6 Å². The third-order valence-electron chi connectivity index (χ3n) is 4.27. The number of nitrogens with one attached hydrogen (secondary N) is 2. The predicted octanol–water partition coefficient (Wildman–Crippen LogP) is 4.64. The Balaban J connectivity index is 1.51. The molecule has 4 rings (SSSR count). The van der Waals surface area contributed by atoms with E-state index in [9.17, 15) is 4.79 Å². The van der Waals surface area contributed by atoms with E-state index in [1.165, 1.54) is 12.4 Å². The van der Waals surface area contributed by atoms with E-state index in [2.05, 4.69) is 31.7 Å². The van der Waals surface area contributed by atoms with Gasteiger partial charge in [-0.05, 0) is 49.2 Å². The van der Waals surface area contributed by atoms with Crippen LogP contribution >= 0.6 is 0 Å². The number of carbonyl (C=O) groups excluding carboxylic acids is 1. The molecule has 0 aliphatic heterocycles. The molecule has 2 aromatic carbocycles. The summed E-state index contributed by atoms with van der Waals surface area (Å²) in [6.45, 7) is 4.07. The molecule has 1 amide bonds. The standard InChI is InChI=1S/C22H19N5O/c1-14-9-15(2)11-18(10-14)26-22-24-12-17(13-25-22)21(28)27-19-7-3-5-16-6-4-8-23-20(16)19/h3-13H,1-2H3,(H,27,28)(H,24,25,26). The van der Waals surface area contributed by atoms with Crippen molar-refractivity contribution < 1.29 is 4.79 Å². The van der Waals surface area contributed by atoms with Gasteiger partial charge in [0.15, 0.2) is 0 Å². The fourth-order valence-corrected chi connectivity index (χ4v) is 3.09. The maximum absolute atomic E-state index is 12.6. The number of nitrogens with zero attached hydrogens (tertiary/aromatic N) is 3. The van der Waals surface area contributed by atoms with Crippen molar-refractivity contribution in [1.82, 2.24) is 15.0 Å². The van der Waals surface area contributed by atoms with Gasteiger partial charge in [-0.3, -0.25) is 9.78 Å². The highest BCUT2D eigenvalue weighted by Gasteiger charge is 2.10. The SMILES string of the molecule is Cc1cc(C)cc(Nc2ncc(C(=O)Nc3cccc4cccnc34)cn2)c1. The van der Waals surface area contributed by atoms with E-state index in [4.69, 9.17) is 0 Å². The van der Waals surface area contributed by atoms with E-state index in [-0.39, 0.29) is 5.91 Å². The van der Waals surface area contributed by atoms with Crippen molar-refractivity contribution in [3.05, 3.63) is 83.8 Å². The van der Waals surface area contributed by atoms with Gasteiger partial charge in [0.2, 0.25) is 5.95 Å². The molecule has 0 spiro atoms. The van der Waals surface area contributed by atoms with Gasteiger partial charge in [-0.15, -0.1) is 0 Å². The lowest BCUT2D eigenvalue weighted by Crippen LogP contribution is -2.13. The normalized spacial score (nSPS) is 10.6. The molecule has 2 N–H and O–H groups in total. The average molecular weight is 369 g/mol. The number of hydrogen-bond donors (Lipinski definition) is 2. The Bertz CT molecular complexity index is 1130. The van der Waals surface area contributed by atoms with Gasteiger partial charge in [-0.1, -0.05) is 24.3 Å². The molecule has 0 saturated heterocycles. The third-order valence-corrected chi connectivity index (χ3v) is 4.27. The van der Waals surface area contributed by atoms with E-state index < -0.39 is 0 Å². The van der Waals surface area contributed by atoms with Crippen LogP contribution in [0.1, 0.15) is 21.5 Å². The summed E-state index contributed by atoms with van der Waals surface area (Å²) in [7, 11) is 0. The van der Waals surface area contributed by atoms with Crippen LogP contribution in [-0.4, -0.2) is 20.9 Å². The molecular weight excluding hydrogens is 350 g/mol. The summed E-state index contributed by atoms with van der Waals surface area (Å²) in [5, 5.41) is 7.01. The molecule has 0 bridgehead atoms. The second kappa shape index (κ2) is 7.44. The minimum absolute atomic E-state index is 0.281. The van der Waals surface area contributed by atoms with Gasteiger partial charge in [0.05, 0.1) is 16.8 Å². The molecule has 0 aliphatic rings. The molecule has 2 heterocycles. The van der Waals surface area contributed by atoms with Crippen LogP contribution in [0.25, 0.3) is 10.9 Å². The Morgan fingerprint density at radius 3 is 2.36 bits per heavy atom. The molecule has 4 aromatic rings. The third kappa shape index (κ3) is 3.81. The van der Waals surface area contributed by atoms with E-state index in [0.717, 1.165) is 27.7 Å². The summed E-state index contributed by atoms with van der Waals surface area (Å²) < 4.78 is 0. The molecule has 0 fully saturated rings. The Hall–Kier alpha value is -3.80. The van der Waals surface area contributed by atoms with Crippen molar-refractivity contribution in [3.8, 4) is 0 Å². The number of aromatic nitrogens is 3. The highest BCUT2D eigenvalue weighted by Crippen LogP contribution is 2.21. The topological polar surface area (TPSA) is 79.8 Å². The predicted molar refractivity (Wildman–Crippen MR) is 111 cm³/mol. The minimum atomic E-state index is -0.281. The Morgan fingerprint density at radius 1 is 0.893 bits per heavy atom. The molecule has 6 heteroatoms. The van der Waals surface area contributed by atoms with Gasteiger partial charge in [0, 0.05) is 29.7 Å². The molecule has 2 aromatic heterocycles. The summed E-state index contributed by atoms with van der Waals surface area (Å²) in [6.07, 6.45) is 4.71. The molecular formula is C22H19N5O. The summed E-state index contributed by atoms with van der Waals surface area (Å²) >= 11 is 0. The lowest BCUT2D eigenvalue weighted by Gasteiger charge is -2.09. The number of para-hydroxylation sites is 1. The molecule has 0 radical (unpaired) electrons. The van der Waals surface area contributed by atoms with E-state index >= 15 is 0 Å². The number of fused-ring (bicyclic) bond motifs is 1. The van der Waals surface area contributed by atoms with Gasteiger partial charge in [-0.2, -0.15) is 0 Å². The van der Waals surface area contributed by atoms with Crippen molar-refractivity contribution in [3.63, 3.8) is 0 Å². The fourth-order valence-electron chi connectivity index (χ4n) is 3.09. The van der Waals surface area contributed by atoms with Crippen LogP contribution in [0.5, 0.6) is 0 Å². The molecule has 28 heavy (non-hydrogen) atoms. The molecule has 0 atom stereocenters. The Morgan fingerprint density at radius 2 is 1.61 bits per heavy atom. The fraction of sp³-hybridized carbons (Fsp3) is 0.0909. The van der Waals surface area contributed by atoms with Gasteiger partial charge < -0.3 is 10.6 Å². The van der Waals surface area contributed by atoms with E-state index in [1.54, 1.807) is 6.20 Å². The molecule has 6 nitrogen and oxygen atoms in total. The van der Waals surface area contributed by atoms with E-state index in [0.29, 0.717) is 17.2 Å². The number of pyridine rings is 1. The Kier molecular flexibility index (Phi) is 4.68. The van der Waals surface area contributed by atoms with Crippen LogP contribution in [-0.2, 0) is 0 Å². The second-order valence-corrected chi connectivity index (χ2v) is 6.63. The van der Waals surface area contributed by atoms with E-state index in [1.807, 2.05) is 56.3 Å². The number of benzene rings is 2. The molecule has 0 unspecified atom stereocenters. The second-order valence-electron chi connectivity index (χ2n) is 6.63. The highest BCUT2D eigenvalue weighted by atomic mass is 16.1. The maximum Gasteiger partial charge on any atom is 0.258 e. The number of carbonyl (C=O) groups is 1. The maximum atomic E-state index is 12.6. The zero-order chi connectivity index (χ0) is 19.5. The van der Waals surface area contributed by atoms with Gasteiger partial charge >= 0.3 is 0 Å². The average Bonchev–Trinajstić information content (AvgIpc) is 2.68. The lowest BCUT2D eigenvalue weighted by molar-refractivity contribution is 0.102. The first-order valence-corrected chi connectivity index (χ1v) is 8.91. The molecule has 0 saturated carbocycles. The van der Waals surface area contributed by atoms with Crippen LogP contribution in [0.15, 0.2) is 67.1 Å². The number of rotatable bonds is 4.